The molecule has 0 aliphatic carbocycles. The molecule has 0 saturated heterocycles. The molecule has 2 aromatic rings. The van der Waals surface area contributed by atoms with Crippen molar-refractivity contribution in [3.05, 3.63) is 65.7 Å². The van der Waals surface area contributed by atoms with Crippen molar-refractivity contribution in [3.63, 3.8) is 0 Å². The van der Waals surface area contributed by atoms with Gasteiger partial charge in [-0.15, -0.1) is 0 Å². The molecule has 0 spiro atoms. The van der Waals surface area contributed by atoms with E-state index in [4.69, 9.17) is 4.74 Å². The van der Waals surface area contributed by atoms with E-state index in [0.29, 0.717) is 5.69 Å². The van der Waals surface area contributed by atoms with Gasteiger partial charge in [-0.1, -0.05) is 56.3 Å². The summed E-state index contributed by atoms with van der Waals surface area (Å²) in [6.45, 7) is 5.86. The minimum atomic E-state index is -0.677. The number of rotatable bonds is 6. The lowest BCUT2D eigenvalue weighted by Crippen LogP contribution is -2.47. The van der Waals surface area contributed by atoms with Crippen LogP contribution in [-0.2, 0) is 16.1 Å². The molecule has 0 bridgehead atoms. The van der Waals surface area contributed by atoms with Crippen LogP contribution >= 0.6 is 0 Å². The van der Waals surface area contributed by atoms with Gasteiger partial charge >= 0.3 is 6.09 Å². The Morgan fingerprint density at radius 1 is 1.04 bits per heavy atom. The van der Waals surface area contributed by atoms with E-state index in [1.165, 1.54) is 0 Å². The lowest BCUT2D eigenvalue weighted by Gasteiger charge is -2.21. The zero-order chi connectivity index (χ0) is 18.2. The summed E-state index contributed by atoms with van der Waals surface area (Å²) in [7, 11) is 0. The van der Waals surface area contributed by atoms with Crippen molar-refractivity contribution in [2.45, 2.75) is 33.4 Å². The van der Waals surface area contributed by atoms with Crippen LogP contribution in [0.1, 0.15) is 25.0 Å². The molecule has 0 heterocycles. The summed E-state index contributed by atoms with van der Waals surface area (Å²) in [6.07, 6.45) is -0.609. The standard InChI is InChI=1S/C20H24N2O3/c1-14(2)18(19(23)21-17-11-7-8-15(3)12-17)22-20(24)25-13-16-9-5-4-6-10-16/h4-12,14,18H,13H2,1-3H3,(H,21,23)(H,22,24)/t18-/m0/s1. The Labute approximate surface area is 148 Å². The highest BCUT2D eigenvalue weighted by Crippen LogP contribution is 2.12. The Balaban J connectivity index is 1.92. The van der Waals surface area contributed by atoms with Crippen LogP contribution < -0.4 is 10.6 Å². The summed E-state index contributed by atoms with van der Waals surface area (Å²) >= 11 is 0. The van der Waals surface area contributed by atoms with E-state index in [-0.39, 0.29) is 18.4 Å². The molecule has 2 aromatic carbocycles. The van der Waals surface area contributed by atoms with Crippen LogP contribution in [-0.4, -0.2) is 18.0 Å². The zero-order valence-electron chi connectivity index (χ0n) is 14.8. The molecular formula is C20H24N2O3. The number of carbonyl (C=O) groups excluding carboxylic acids is 2. The molecule has 0 aliphatic heterocycles. The van der Waals surface area contributed by atoms with Crippen LogP contribution in [0.3, 0.4) is 0 Å². The molecule has 0 aromatic heterocycles. The van der Waals surface area contributed by atoms with E-state index in [9.17, 15) is 9.59 Å². The third kappa shape index (κ3) is 5.95. The molecule has 0 radical (unpaired) electrons. The molecular weight excluding hydrogens is 316 g/mol. The van der Waals surface area contributed by atoms with Crippen molar-refractivity contribution in [2.24, 2.45) is 5.92 Å². The molecule has 25 heavy (non-hydrogen) atoms. The minimum Gasteiger partial charge on any atom is -0.445 e. The van der Waals surface area contributed by atoms with Crippen molar-refractivity contribution in [1.29, 1.82) is 0 Å². The molecule has 5 nitrogen and oxygen atoms in total. The number of hydrogen-bond donors (Lipinski definition) is 2. The van der Waals surface area contributed by atoms with Gasteiger partial charge in [0.25, 0.3) is 0 Å². The maximum Gasteiger partial charge on any atom is 0.408 e. The normalized spacial score (nSPS) is 11.7. The van der Waals surface area contributed by atoms with Crippen molar-refractivity contribution in [2.75, 3.05) is 5.32 Å². The van der Waals surface area contributed by atoms with Gasteiger partial charge in [0.2, 0.25) is 5.91 Å². The molecule has 2 rings (SSSR count). The maximum atomic E-state index is 12.5. The van der Waals surface area contributed by atoms with E-state index in [1.54, 1.807) is 0 Å². The fourth-order valence-electron chi connectivity index (χ4n) is 2.37. The molecule has 1 atom stereocenters. The quantitative estimate of drug-likeness (QED) is 0.838. The second kappa shape index (κ2) is 8.87. The van der Waals surface area contributed by atoms with E-state index in [1.807, 2.05) is 75.4 Å². The van der Waals surface area contributed by atoms with Crippen LogP contribution in [0, 0.1) is 12.8 Å². The highest BCUT2D eigenvalue weighted by atomic mass is 16.5. The number of nitrogens with one attached hydrogen (secondary N) is 2. The van der Waals surface area contributed by atoms with Crippen LogP contribution in [0.15, 0.2) is 54.6 Å². The van der Waals surface area contributed by atoms with Gasteiger partial charge in [-0.2, -0.15) is 0 Å². The SMILES string of the molecule is Cc1cccc(NC(=O)[C@@H](NC(=O)OCc2ccccc2)C(C)C)c1. The lowest BCUT2D eigenvalue weighted by molar-refractivity contribution is -0.119. The summed E-state index contributed by atoms with van der Waals surface area (Å²) in [5.74, 6) is -0.341. The largest absolute Gasteiger partial charge is 0.445 e. The molecule has 0 fully saturated rings. The highest BCUT2D eigenvalue weighted by Gasteiger charge is 2.25. The van der Waals surface area contributed by atoms with Gasteiger partial charge < -0.3 is 15.4 Å². The number of alkyl carbamates (subject to hydrolysis) is 1. The molecule has 0 unspecified atom stereocenters. The van der Waals surface area contributed by atoms with Crippen LogP contribution in [0.25, 0.3) is 0 Å². The molecule has 5 heteroatoms. The van der Waals surface area contributed by atoms with Crippen LogP contribution in [0.5, 0.6) is 0 Å². The summed E-state index contributed by atoms with van der Waals surface area (Å²) in [4.78, 5) is 24.5. The molecule has 0 aliphatic rings. The smallest absolute Gasteiger partial charge is 0.408 e. The third-order valence-electron chi connectivity index (χ3n) is 3.72. The predicted octanol–water partition coefficient (Wildman–Crippen LogP) is 3.88. The van der Waals surface area contributed by atoms with Gasteiger partial charge in [0.15, 0.2) is 0 Å². The molecule has 0 saturated carbocycles. The van der Waals surface area contributed by atoms with Gasteiger partial charge in [-0.25, -0.2) is 4.79 Å². The maximum absolute atomic E-state index is 12.5. The highest BCUT2D eigenvalue weighted by molar-refractivity contribution is 5.96. The van der Waals surface area contributed by atoms with Gasteiger partial charge in [-0.05, 0) is 36.1 Å². The van der Waals surface area contributed by atoms with Gasteiger partial charge in [0, 0.05) is 5.69 Å². The first-order valence-electron chi connectivity index (χ1n) is 8.30. The number of ether oxygens (including phenoxy) is 1. The number of aryl methyl sites for hydroxylation is 1. The summed E-state index contributed by atoms with van der Waals surface area (Å²) in [6, 6.07) is 16.2. The number of amides is 2. The number of benzene rings is 2. The summed E-state index contributed by atoms with van der Waals surface area (Å²) in [5, 5.41) is 5.48. The Morgan fingerprint density at radius 3 is 2.40 bits per heavy atom. The van der Waals surface area contributed by atoms with E-state index < -0.39 is 12.1 Å². The monoisotopic (exact) mass is 340 g/mol. The van der Waals surface area contributed by atoms with E-state index in [2.05, 4.69) is 10.6 Å². The fourth-order valence-corrected chi connectivity index (χ4v) is 2.37. The van der Waals surface area contributed by atoms with Gasteiger partial charge in [-0.3, -0.25) is 4.79 Å². The first-order valence-corrected chi connectivity index (χ1v) is 8.30. The number of anilines is 1. The fraction of sp³-hybridized carbons (Fsp3) is 0.300. The van der Waals surface area contributed by atoms with Gasteiger partial charge in [0.1, 0.15) is 12.6 Å². The van der Waals surface area contributed by atoms with Crippen molar-refractivity contribution in [3.8, 4) is 0 Å². The summed E-state index contributed by atoms with van der Waals surface area (Å²) in [5.41, 5.74) is 2.65. The van der Waals surface area contributed by atoms with Crippen molar-refractivity contribution < 1.29 is 14.3 Å². The first-order chi connectivity index (χ1) is 12.0. The van der Waals surface area contributed by atoms with Crippen molar-refractivity contribution in [1.82, 2.24) is 5.32 Å². The minimum absolute atomic E-state index is 0.0749. The molecule has 2 amide bonds. The Morgan fingerprint density at radius 2 is 1.76 bits per heavy atom. The molecule has 2 N–H and O–H groups in total. The average molecular weight is 340 g/mol. The van der Waals surface area contributed by atoms with Crippen LogP contribution in [0.2, 0.25) is 0 Å². The average Bonchev–Trinajstić information content (AvgIpc) is 2.58. The Bertz CT molecular complexity index is 714. The number of hydrogen-bond acceptors (Lipinski definition) is 3. The second-order valence-corrected chi connectivity index (χ2v) is 6.29. The third-order valence-corrected chi connectivity index (χ3v) is 3.72. The summed E-state index contributed by atoms with van der Waals surface area (Å²) < 4.78 is 5.20. The Kier molecular flexibility index (Phi) is 6.57. The first kappa shape index (κ1) is 18.5. The van der Waals surface area contributed by atoms with Gasteiger partial charge in [0.05, 0.1) is 0 Å². The topological polar surface area (TPSA) is 67.4 Å². The van der Waals surface area contributed by atoms with E-state index >= 15 is 0 Å². The Hall–Kier alpha value is -2.82. The number of carbonyl (C=O) groups is 2. The zero-order valence-corrected chi connectivity index (χ0v) is 14.8. The second-order valence-electron chi connectivity index (χ2n) is 6.29. The van der Waals surface area contributed by atoms with Crippen molar-refractivity contribution >= 4 is 17.7 Å². The molecule has 132 valence electrons. The lowest BCUT2D eigenvalue weighted by atomic mass is 10.0. The predicted molar refractivity (Wildman–Crippen MR) is 98.2 cm³/mol. The van der Waals surface area contributed by atoms with Crippen LogP contribution in [0.4, 0.5) is 10.5 Å². The van der Waals surface area contributed by atoms with E-state index in [0.717, 1.165) is 11.1 Å².